The van der Waals surface area contributed by atoms with Gasteiger partial charge in [-0.1, -0.05) is 75.7 Å². The first-order valence-corrected chi connectivity index (χ1v) is 12.8. The van der Waals surface area contributed by atoms with Crippen LogP contribution in [0.1, 0.15) is 56.9 Å². The largest absolute Gasteiger partial charge is 0.350 e. The number of rotatable bonds is 12. The van der Waals surface area contributed by atoms with Crippen molar-refractivity contribution in [2.45, 2.75) is 59.4 Å². The van der Waals surface area contributed by atoms with Crippen molar-refractivity contribution < 1.29 is 9.47 Å². The van der Waals surface area contributed by atoms with Gasteiger partial charge in [0.2, 0.25) is 5.82 Å². The first kappa shape index (κ1) is 26.5. The summed E-state index contributed by atoms with van der Waals surface area (Å²) in [7, 11) is 3.23. The van der Waals surface area contributed by atoms with Crippen molar-refractivity contribution >= 4 is 0 Å². The molecular formula is C28H36N6O3. The molecule has 0 atom stereocenters. The molecule has 4 rings (SSSR count). The Morgan fingerprint density at radius 1 is 0.973 bits per heavy atom. The summed E-state index contributed by atoms with van der Waals surface area (Å²) in [6.45, 7) is 7.55. The van der Waals surface area contributed by atoms with E-state index in [0.29, 0.717) is 24.8 Å². The second-order valence-electron chi connectivity index (χ2n) is 9.57. The number of tetrazole rings is 1. The van der Waals surface area contributed by atoms with Crippen molar-refractivity contribution in [2.24, 2.45) is 5.92 Å². The fourth-order valence-corrected chi connectivity index (χ4v) is 4.69. The van der Waals surface area contributed by atoms with Gasteiger partial charge < -0.3 is 9.47 Å². The summed E-state index contributed by atoms with van der Waals surface area (Å²) < 4.78 is 15.0. The molecule has 2 heterocycles. The van der Waals surface area contributed by atoms with Gasteiger partial charge in [0.25, 0.3) is 0 Å². The van der Waals surface area contributed by atoms with E-state index in [1.165, 1.54) is 0 Å². The van der Waals surface area contributed by atoms with Gasteiger partial charge >= 0.3 is 5.69 Å². The van der Waals surface area contributed by atoms with Gasteiger partial charge in [0.15, 0.2) is 6.29 Å². The summed E-state index contributed by atoms with van der Waals surface area (Å²) in [5.74, 6) is 1.03. The lowest BCUT2D eigenvalue weighted by Gasteiger charge is -2.18. The number of nitrogens with zero attached hydrogens (tertiary/aromatic N) is 5. The molecule has 0 saturated carbocycles. The molecule has 0 fully saturated rings. The van der Waals surface area contributed by atoms with Gasteiger partial charge in [-0.3, -0.25) is 9.13 Å². The van der Waals surface area contributed by atoms with Gasteiger partial charge in [-0.2, -0.15) is 5.21 Å². The van der Waals surface area contributed by atoms with E-state index in [2.05, 4.69) is 65.7 Å². The normalized spacial score (nSPS) is 11.6. The van der Waals surface area contributed by atoms with Crippen molar-refractivity contribution in [3.05, 3.63) is 76.0 Å². The predicted octanol–water partition coefficient (Wildman–Crippen LogP) is 4.84. The quantitative estimate of drug-likeness (QED) is 0.277. The summed E-state index contributed by atoms with van der Waals surface area (Å²) in [6, 6.07) is 16.3. The molecule has 1 N–H and O–H groups in total. The number of aromatic nitrogens is 6. The molecule has 0 aliphatic rings. The molecule has 4 aromatic rings. The molecule has 0 amide bonds. The Hall–Kier alpha value is -3.56. The van der Waals surface area contributed by atoms with Crippen LogP contribution >= 0.6 is 0 Å². The number of aromatic amines is 1. The molecule has 0 spiro atoms. The fraction of sp³-hybridized carbons (Fsp3) is 0.429. The van der Waals surface area contributed by atoms with Crippen molar-refractivity contribution in [3.8, 4) is 22.5 Å². The second-order valence-corrected chi connectivity index (χ2v) is 9.57. The molecule has 196 valence electrons. The molecule has 0 radical (unpaired) electrons. The van der Waals surface area contributed by atoms with Crippen molar-refractivity contribution in [3.63, 3.8) is 0 Å². The first-order chi connectivity index (χ1) is 18.0. The molecule has 0 saturated heterocycles. The SMILES string of the molecule is CCCc1c(C(OC)OC)n(CCC(C)C)c(=O)n1Cc1ccc(-c2ccccc2-c2nn[nH]n2)cc1. The molecule has 9 nitrogen and oxygen atoms in total. The number of ether oxygens (including phenoxy) is 2. The average molecular weight is 505 g/mol. The van der Waals surface area contributed by atoms with E-state index in [1.54, 1.807) is 14.2 Å². The minimum Gasteiger partial charge on any atom is -0.350 e. The highest BCUT2D eigenvalue weighted by Gasteiger charge is 2.26. The van der Waals surface area contributed by atoms with Gasteiger partial charge in [0.1, 0.15) is 0 Å². The zero-order valence-electron chi connectivity index (χ0n) is 22.3. The zero-order valence-corrected chi connectivity index (χ0v) is 22.3. The van der Waals surface area contributed by atoms with Crippen molar-refractivity contribution in [1.82, 2.24) is 29.8 Å². The minimum atomic E-state index is -0.591. The average Bonchev–Trinajstić information content (AvgIpc) is 3.53. The molecule has 2 aromatic carbocycles. The Morgan fingerprint density at radius 2 is 1.68 bits per heavy atom. The van der Waals surface area contributed by atoms with Gasteiger partial charge in [-0.25, -0.2) is 4.79 Å². The second kappa shape index (κ2) is 12.1. The number of H-pyrrole nitrogens is 1. The molecule has 37 heavy (non-hydrogen) atoms. The Labute approximate surface area is 217 Å². The van der Waals surface area contributed by atoms with Crippen LogP contribution in [0.5, 0.6) is 0 Å². The summed E-state index contributed by atoms with van der Waals surface area (Å²) in [5.41, 5.74) is 5.77. The number of methoxy groups -OCH3 is 2. The van der Waals surface area contributed by atoms with Crippen LogP contribution in [0, 0.1) is 5.92 Å². The standard InChI is InChI=1S/C28H36N6O3/c1-6-9-24-25(27(36-4)37-5)33(17-16-19(2)3)28(35)34(24)18-20-12-14-21(15-13-20)22-10-7-8-11-23(22)26-29-31-32-30-26/h7-8,10-15,19,27H,6,9,16-18H2,1-5H3,(H,29,30,31,32). The van der Waals surface area contributed by atoms with Gasteiger partial charge in [0.05, 0.1) is 12.2 Å². The van der Waals surface area contributed by atoms with Crippen LogP contribution in [-0.4, -0.2) is 44.0 Å². The number of nitrogens with one attached hydrogen (secondary N) is 1. The molecule has 0 bridgehead atoms. The van der Waals surface area contributed by atoms with E-state index < -0.39 is 6.29 Å². The van der Waals surface area contributed by atoms with Gasteiger partial charge in [0, 0.05) is 32.0 Å². The van der Waals surface area contributed by atoms with E-state index in [9.17, 15) is 4.79 Å². The number of imidazole rings is 1. The van der Waals surface area contributed by atoms with Crippen LogP contribution in [0.4, 0.5) is 0 Å². The lowest BCUT2D eigenvalue weighted by Crippen LogP contribution is -2.27. The highest BCUT2D eigenvalue weighted by atomic mass is 16.7. The van der Waals surface area contributed by atoms with Crippen LogP contribution in [0.3, 0.4) is 0 Å². The van der Waals surface area contributed by atoms with Crippen molar-refractivity contribution in [2.75, 3.05) is 14.2 Å². The molecule has 0 unspecified atom stereocenters. The third-order valence-electron chi connectivity index (χ3n) is 6.56. The van der Waals surface area contributed by atoms with E-state index in [1.807, 2.05) is 33.4 Å². The molecule has 0 aliphatic carbocycles. The van der Waals surface area contributed by atoms with Crippen LogP contribution in [0.15, 0.2) is 53.3 Å². The van der Waals surface area contributed by atoms with Gasteiger partial charge in [-0.15, -0.1) is 10.2 Å². The van der Waals surface area contributed by atoms with E-state index in [0.717, 1.165) is 52.9 Å². The Bertz CT molecular complexity index is 1340. The Balaban J connectivity index is 1.70. The zero-order chi connectivity index (χ0) is 26.4. The number of hydrogen-bond acceptors (Lipinski definition) is 6. The lowest BCUT2D eigenvalue weighted by molar-refractivity contribution is -0.111. The van der Waals surface area contributed by atoms with Crippen LogP contribution < -0.4 is 5.69 Å². The Kier molecular flexibility index (Phi) is 8.68. The number of hydrogen-bond donors (Lipinski definition) is 1. The smallest absolute Gasteiger partial charge is 0.329 e. The van der Waals surface area contributed by atoms with E-state index in [4.69, 9.17) is 9.47 Å². The van der Waals surface area contributed by atoms with Crippen LogP contribution in [0.25, 0.3) is 22.5 Å². The molecular weight excluding hydrogens is 468 g/mol. The Morgan fingerprint density at radius 3 is 2.27 bits per heavy atom. The molecule has 2 aromatic heterocycles. The summed E-state index contributed by atoms with van der Waals surface area (Å²) in [4.78, 5) is 13.7. The third kappa shape index (κ3) is 5.73. The molecule has 9 heteroatoms. The summed E-state index contributed by atoms with van der Waals surface area (Å²) in [5, 5.41) is 14.5. The van der Waals surface area contributed by atoms with Gasteiger partial charge in [-0.05, 0) is 40.7 Å². The highest BCUT2D eigenvalue weighted by Crippen LogP contribution is 2.30. The maximum absolute atomic E-state index is 13.7. The molecule has 0 aliphatic heterocycles. The maximum atomic E-state index is 13.7. The van der Waals surface area contributed by atoms with E-state index in [-0.39, 0.29) is 5.69 Å². The highest BCUT2D eigenvalue weighted by molar-refractivity contribution is 5.80. The lowest BCUT2D eigenvalue weighted by atomic mass is 9.98. The van der Waals surface area contributed by atoms with E-state index >= 15 is 0 Å². The fourth-order valence-electron chi connectivity index (χ4n) is 4.69. The predicted molar refractivity (Wildman–Crippen MR) is 143 cm³/mol. The summed E-state index contributed by atoms with van der Waals surface area (Å²) in [6.07, 6.45) is 1.98. The van der Waals surface area contributed by atoms with Crippen LogP contribution in [0.2, 0.25) is 0 Å². The summed E-state index contributed by atoms with van der Waals surface area (Å²) >= 11 is 0. The third-order valence-corrected chi connectivity index (χ3v) is 6.56. The number of benzene rings is 2. The maximum Gasteiger partial charge on any atom is 0.329 e. The minimum absolute atomic E-state index is 0.0234. The van der Waals surface area contributed by atoms with Crippen LogP contribution in [-0.2, 0) is 29.0 Å². The monoisotopic (exact) mass is 504 g/mol. The van der Waals surface area contributed by atoms with Crippen molar-refractivity contribution in [1.29, 1.82) is 0 Å². The topological polar surface area (TPSA) is 99.9 Å². The first-order valence-electron chi connectivity index (χ1n) is 12.8.